The first-order valence-corrected chi connectivity index (χ1v) is 10.5. The Morgan fingerprint density at radius 3 is 2.41 bits per heavy atom. The molecule has 2 unspecified atom stereocenters. The minimum absolute atomic E-state index is 0.0678. The Morgan fingerprint density at radius 2 is 1.83 bits per heavy atom. The second-order valence-corrected chi connectivity index (χ2v) is 9.45. The van der Waals surface area contributed by atoms with Gasteiger partial charge in [0.2, 0.25) is 5.91 Å². The van der Waals surface area contributed by atoms with Crippen LogP contribution in [0, 0.1) is 17.2 Å². The van der Waals surface area contributed by atoms with E-state index in [-0.39, 0.29) is 23.2 Å². The topological polar surface area (TPSA) is 41.1 Å². The molecule has 0 bridgehead atoms. The van der Waals surface area contributed by atoms with E-state index in [0.29, 0.717) is 34.3 Å². The van der Waals surface area contributed by atoms with Crippen LogP contribution >= 0.6 is 23.2 Å². The number of likely N-dealkylation sites (N-methyl/N-ethyl adjacent to an activating group) is 1. The molecule has 6 heteroatoms. The lowest BCUT2D eigenvalue weighted by Crippen LogP contribution is -2.34. The second kappa shape index (κ2) is 10.4. The summed E-state index contributed by atoms with van der Waals surface area (Å²) in [6.07, 6.45) is 1.51. The fourth-order valence-electron chi connectivity index (χ4n) is 3.41. The van der Waals surface area contributed by atoms with Crippen molar-refractivity contribution in [3.63, 3.8) is 0 Å². The molecule has 29 heavy (non-hydrogen) atoms. The average Bonchev–Trinajstić information content (AvgIpc) is 2.59. The van der Waals surface area contributed by atoms with Crippen LogP contribution in [0.5, 0.6) is 0 Å². The van der Waals surface area contributed by atoms with Gasteiger partial charge in [0.05, 0.1) is 0 Å². The summed E-state index contributed by atoms with van der Waals surface area (Å²) in [4.78, 5) is 13.3. The van der Waals surface area contributed by atoms with Crippen molar-refractivity contribution in [1.82, 2.24) is 5.32 Å². The highest BCUT2D eigenvalue weighted by Crippen LogP contribution is 2.34. The standard InChI is InChI=1S/C23H29Cl2FN2O/c1-23(2,3)9-8-20(22(29)28-19-7-5-6-16(24)13-19)21(14-27-4)15-10-17(25)12-18(26)11-15/h5-7,10-13,20-21,27H,8-9,14H2,1-4H3,(H,28,29). The zero-order valence-corrected chi connectivity index (χ0v) is 18.9. The quantitative estimate of drug-likeness (QED) is 0.492. The number of benzene rings is 2. The van der Waals surface area contributed by atoms with Crippen LogP contribution < -0.4 is 10.6 Å². The Balaban J connectivity index is 2.37. The third-order valence-electron chi connectivity index (χ3n) is 4.86. The molecule has 158 valence electrons. The van der Waals surface area contributed by atoms with Crippen LogP contribution in [0.15, 0.2) is 42.5 Å². The molecule has 0 aromatic heterocycles. The van der Waals surface area contributed by atoms with E-state index in [2.05, 4.69) is 31.4 Å². The molecule has 0 saturated heterocycles. The highest BCUT2D eigenvalue weighted by molar-refractivity contribution is 6.31. The minimum Gasteiger partial charge on any atom is -0.326 e. The molecule has 0 saturated carbocycles. The highest BCUT2D eigenvalue weighted by atomic mass is 35.5. The van der Waals surface area contributed by atoms with Crippen LogP contribution in [-0.2, 0) is 4.79 Å². The summed E-state index contributed by atoms with van der Waals surface area (Å²) >= 11 is 12.2. The Bertz CT molecular complexity index is 816. The molecule has 3 nitrogen and oxygen atoms in total. The SMILES string of the molecule is CNCC(c1cc(F)cc(Cl)c1)C(CCC(C)(C)C)C(=O)Nc1cccc(Cl)c1. The summed E-state index contributed by atoms with van der Waals surface area (Å²) in [5.41, 5.74) is 1.42. The van der Waals surface area contributed by atoms with Gasteiger partial charge in [0.25, 0.3) is 0 Å². The first-order valence-electron chi connectivity index (χ1n) is 9.76. The van der Waals surface area contributed by atoms with Gasteiger partial charge >= 0.3 is 0 Å². The molecular formula is C23H29Cl2FN2O. The molecule has 0 aliphatic heterocycles. The van der Waals surface area contributed by atoms with Gasteiger partial charge in [0.1, 0.15) is 5.82 Å². The average molecular weight is 439 g/mol. The summed E-state index contributed by atoms with van der Waals surface area (Å²) in [6.45, 7) is 6.96. The predicted molar refractivity (Wildman–Crippen MR) is 120 cm³/mol. The van der Waals surface area contributed by atoms with Crippen molar-refractivity contribution >= 4 is 34.8 Å². The van der Waals surface area contributed by atoms with E-state index in [1.54, 1.807) is 30.3 Å². The number of halogens is 3. The Hall–Kier alpha value is -1.62. The molecule has 0 spiro atoms. The van der Waals surface area contributed by atoms with Crippen molar-refractivity contribution < 1.29 is 9.18 Å². The maximum Gasteiger partial charge on any atom is 0.228 e. The number of hydrogen-bond donors (Lipinski definition) is 2. The van der Waals surface area contributed by atoms with E-state index in [9.17, 15) is 9.18 Å². The van der Waals surface area contributed by atoms with Gasteiger partial charge in [-0.05, 0) is 67.3 Å². The molecule has 2 aromatic carbocycles. The van der Waals surface area contributed by atoms with E-state index in [1.807, 2.05) is 7.05 Å². The largest absolute Gasteiger partial charge is 0.326 e. The zero-order chi connectivity index (χ0) is 21.6. The summed E-state index contributed by atoms with van der Waals surface area (Å²) in [7, 11) is 1.82. The third kappa shape index (κ3) is 7.61. The van der Waals surface area contributed by atoms with Gasteiger partial charge in [-0.2, -0.15) is 0 Å². The second-order valence-electron chi connectivity index (χ2n) is 8.57. The van der Waals surface area contributed by atoms with E-state index in [1.165, 1.54) is 12.1 Å². The fourth-order valence-corrected chi connectivity index (χ4v) is 3.83. The van der Waals surface area contributed by atoms with Crippen molar-refractivity contribution in [1.29, 1.82) is 0 Å². The van der Waals surface area contributed by atoms with Crippen LogP contribution in [0.3, 0.4) is 0 Å². The van der Waals surface area contributed by atoms with Gasteiger partial charge in [0.15, 0.2) is 0 Å². The fraction of sp³-hybridized carbons (Fsp3) is 0.435. The molecule has 2 N–H and O–H groups in total. The maximum atomic E-state index is 14.0. The molecular weight excluding hydrogens is 410 g/mol. The molecule has 0 radical (unpaired) electrons. The smallest absolute Gasteiger partial charge is 0.228 e. The maximum absolute atomic E-state index is 14.0. The number of carbonyl (C=O) groups is 1. The zero-order valence-electron chi connectivity index (χ0n) is 17.4. The molecule has 0 heterocycles. The van der Waals surface area contributed by atoms with E-state index >= 15 is 0 Å². The molecule has 2 atom stereocenters. The molecule has 1 amide bonds. The van der Waals surface area contributed by atoms with E-state index < -0.39 is 5.82 Å². The van der Waals surface area contributed by atoms with Crippen molar-refractivity contribution in [2.75, 3.05) is 18.9 Å². The summed E-state index contributed by atoms with van der Waals surface area (Å²) < 4.78 is 14.0. The molecule has 0 fully saturated rings. The molecule has 2 rings (SSSR count). The van der Waals surface area contributed by atoms with Gasteiger partial charge < -0.3 is 10.6 Å². The lowest BCUT2D eigenvalue weighted by atomic mass is 9.78. The molecule has 0 aliphatic carbocycles. The van der Waals surface area contributed by atoms with Gasteiger partial charge in [-0.25, -0.2) is 4.39 Å². The first-order chi connectivity index (χ1) is 13.6. The monoisotopic (exact) mass is 438 g/mol. The molecule has 0 aliphatic rings. The van der Waals surface area contributed by atoms with Crippen LogP contribution in [0.4, 0.5) is 10.1 Å². The lowest BCUT2D eigenvalue weighted by molar-refractivity contribution is -0.121. The van der Waals surface area contributed by atoms with Gasteiger partial charge in [-0.1, -0.05) is 50.0 Å². The number of rotatable bonds is 8. The predicted octanol–water partition coefficient (Wildman–Crippen LogP) is 6.52. The summed E-state index contributed by atoms with van der Waals surface area (Å²) in [5, 5.41) is 7.00. The third-order valence-corrected chi connectivity index (χ3v) is 5.31. The Labute approximate surface area is 183 Å². The van der Waals surface area contributed by atoms with E-state index in [4.69, 9.17) is 23.2 Å². The van der Waals surface area contributed by atoms with Gasteiger partial charge in [0, 0.05) is 34.1 Å². The summed E-state index contributed by atoms with van der Waals surface area (Å²) in [6, 6.07) is 11.5. The Kier molecular flexibility index (Phi) is 8.50. The van der Waals surface area contributed by atoms with Crippen LogP contribution in [0.2, 0.25) is 10.0 Å². The normalized spacial score (nSPS) is 13.8. The number of hydrogen-bond acceptors (Lipinski definition) is 2. The van der Waals surface area contributed by atoms with Crippen molar-refractivity contribution in [3.05, 3.63) is 63.9 Å². The first kappa shape index (κ1) is 23.7. The number of nitrogens with one attached hydrogen (secondary N) is 2. The van der Waals surface area contributed by atoms with E-state index in [0.717, 1.165) is 6.42 Å². The molecule has 2 aromatic rings. The van der Waals surface area contributed by atoms with Gasteiger partial charge in [-0.3, -0.25) is 4.79 Å². The number of carbonyl (C=O) groups excluding carboxylic acids is 1. The highest BCUT2D eigenvalue weighted by Gasteiger charge is 2.31. The minimum atomic E-state index is -0.404. The Morgan fingerprint density at radius 1 is 1.10 bits per heavy atom. The lowest BCUT2D eigenvalue weighted by Gasteiger charge is -2.29. The van der Waals surface area contributed by atoms with Crippen molar-refractivity contribution in [2.24, 2.45) is 11.3 Å². The van der Waals surface area contributed by atoms with Crippen LogP contribution in [0.25, 0.3) is 0 Å². The van der Waals surface area contributed by atoms with Crippen molar-refractivity contribution in [2.45, 2.75) is 39.5 Å². The van der Waals surface area contributed by atoms with Crippen molar-refractivity contribution in [3.8, 4) is 0 Å². The van der Waals surface area contributed by atoms with Crippen LogP contribution in [0.1, 0.15) is 45.1 Å². The van der Waals surface area contributed by atoms with Gasteiger partial charge in [-0.15, -0.1) is 0 Å². The summed E-state index contributed by atoms with van der Waals surface area (Å²) in [5.74, 6) is -1.11. The number of amides is 1. The van der Waals surface area contributed by atoms with Crippen LogP contribution in [-0.4, -0.2) is 19.5 Å². The number of anilines is 1.